The third-order valence-electron chi connectivity index (χ3n) is 4.01. The number of aryl methyl sites for hydroxylation is 2. The molecule has 0 spiro atoms. The van der Waals surface area contributed by atoms with E-state index in [0.717, 1.165) is 49.8 Å². The van der Waals surface area contributed by atoms with Crippen molar-refractivity contribution in [2.24, 2.45) is 0 Å². The van der Waals surface area contributed by atoms with Gasteiger partial charge in [-0.05, 0) is 24.0 Å². The first-order valence-corrected chi connectivity index (χ1v) is 7.67. The molecule has 3 rings (SSSR count). The van der Waals surface area contributed by atoms with E-state index in [1.54, 1.807) is 0 Å². The highest BCUT2D eigenvalue weighted by atomic mass is 15.2. The second-order valence-corrected chi connectivity index (χ2v) is 5.42. The van der Waals surface area contributed by atoms with Crippen molar-refractivity contribution in [3.63, 3.8) is 0 Å². The molecule has 0 saturated carbocycles. The molecule has 4 nitrogen and oxygen atoms in total. The van der Waals surface area contributed by atoms with Gasteiger partial charge in [0.1, 0.15) is 17.5 Å². The average molecular weight is 282 g/mol. The van der Waals surface area contributed by atoms with Gasteiger partial charge in [0.25, 0.3) is 0 Å². The zero-order chi connectivity index (χ0) is 14.7. The van der Waals surface area contributed by atoms with Crippen LogP contribution in [0.3, 0.4) is 0 Å². The van der Waals surface area contributed by atoms with Crippen LogP contribution in [0.5, 0.6) is 0 Å². The van der Waals surface area contributed by atoms with E-state index in [0.29, 0.717) is 0 Å². The van der Waals surface area contributed by atoms with Crippen LogP contribution in [0.1, 0.15) is 30.3 Å². The molecule has 0 bridgehead atoms. The summed E-state index contributed by atoms with van der Waals surface area (Å²) >= 11 is 0. The molecule has 0 aliphatic carbocycles. The summed E-state index contributed by atoms with van der Waals surface area (Å²) in [4.78, 5) is 11.6. The molecule has 1 aromatic heterocycles. The van der Waals surface area contributed by atoms with Crippen LogP contribution < -0.4 is 10.2 Å². The number of nitrogens with one attached hydrogen (secondary N) is 1. The van der Waals surface area contributed by atoms with Gasteiger partial charge >= 0.3 is 0 Å². The molecule has 1 aromatic carbocycles. The molecule has 110 valence electrons. The Morgan fingerprint density at radius 3 is 2.76 bits per heavy atom. The van der Waals surface area contributed by atoms with E-state index in [1.165, 1.54) is 11.1 Å². The van der Waals surface area contributed by atoms with Crippen molar-refractivity contribution >= 4 is 11.6 Å². The summed E-state index contributed by atoms with van der Waals surface area (Å²) in [7, 11) is 1.91. The Labute approximate surface area is 126 Å². The van der Waals surface area contributed by atoms with Crippen LogP contribution in [0.4, 0.5) is 11.6 Å². The number of benzene rings is 1. The summed E-state index contributed by atoms with van der Waals surface area (Å²) in [6, 6.07) is 10.8. The standard InChI is InChI=1S/C17H22N4/c1-3-15-19-16(18-2)11-17(20-15)21-10-6-9-13-7-4-5-8-14(13)12-21/h4-5,7-8,11H,3,6,9-10,12H2,1-2H3,(H,18,19,20). The highest BCUT2D eigenvalue weighted by molar-refractivity contribution is 5.50. The molecule has 0 fully saturated rings. The summed E-state index contributed by atoms with van der Waals surface area (Å²) in [5.41, 5.74) is 2.89. The van der Waals surface area contributed by atoms with Crippen LogP contribution in [0, 0.1) is 0 Å². The third kappa shape index (κ3) is 2.99. The minimum absolute atomic E-state index is 0.854. The van der Waals surface area contributed by atoms with Gasteiger partial charge < -0.3 is 10.2 Å². The minimum Gasteiger partial charge on any atom is -0.373 e. The molecule has 0 atom stereocenters. The number of nitrogens with zero attached hydrogens (tertiary/aromatic N) is 3. The highest BCUT2D eigenvalue weighted by Crippen LogP contribution is 2.24. The van der Waals surface area contributed by atoms with Crippen molar-refractivity contribution in [1.29, 1.82) is 0 Å². The monoisotopic (exact) mass is 282 g/mol. The maximum atomic E-state index is 4.71. The Morgan fingerprint density at radius 1 is 1.19 bits per heavy atom. The van der Waals surface area contributed by atoms with E-state index in [9.17, 15) is 0 Å². The van der Waals surface area contributed by atoms with Gasteiger partial charge in [-0.25, -0.2) is 9.97 Å². The van der Waals surface area contributed by atoms with Crippen molar-refractivity contribution in [2.45, 2.75) is 32.7 Å². The predicted octanol–water partition coefficient (Wildman–Crippen LogP) is 3.03. The van der Waals surface area contributed by atoms with E-state index in [2.05, 4.69) is 46.4 Å². The number of rotatable bonds is 3. The van der Waals surface area contributed by atoms with Crippen molar-refractivity contribution < 1.29 is 0 Å². The molecule has 4 heteroatoms. The van der Waals surface area contributed by atoms with E-state index in [1.807, 2.05) is 13.1 Å². The Hall–Kier alpha value is -2.10. The second kappa shape index (κ2) is 6.12. The summed E-state index contributed by atoms with van der Waals surface area (Å²) in [5, 5.41) is 3.14. The topological polar surface area (TPSA) is 41.1 Å². The van der Waals surface area contributed by atoms with Gasteiger partial charge in [0.15, 0.2) is 0 Å². The van der Waals surface area contributed by atoms with Gasteiger partial charge in [-0.15, -0.1) is 0 Å². The molecule has 0 amide bonds. The predicted molar refractivity (Wildman–Crippen MR) is 86.8 cm³/mol. The first kappa shape index (κ1) is 13.9. The molecule has 1 aliphatic rings. The molecule has 21 heavy (non-hydrogen) atoms. The van der Waals surface area contributed by atoms with Gasteiger partial charge in [-0.1, -0.05) is 31.2 Å². The average Bonchev–Trinajstić information content (AvgIpc) is 2.76. The van der Waals surface area contributed by atoms with Crippen molar-refractivity contribution in [3.05, 3.63) is 47.3 Å². The van der Waals surface area contributed by atoms with Gasteiger partial charge in [0.05, 0.1) is 0 Å². The summed E-state index contributed by atoms with van der Waals surface area (Å²) < 4.78 is 0. The molecule has 0 radical (unpaired) electrons. The van der Waals surface area contributed by atoms with Gasteiger partial charge in [0.2, 0.25) is 0 Å². The summed E-state index contributed by atoms with van der Waals surface area (Å²) in [6.07, 6.45) is 3.17. The van der Waals surface area contributed by atoms with E-state index in [-0.39, 0.29) is 0 Å². The molecular weight excluding hydrogens is 260 g/mol. The SMILES string of the molecule is CCc1nc(NC)cc(N2CCCc3ccccc3C2)n1. The van der Waals surface area contributed by atoms with E-state index < -0.39 is 0 Å². The molecule has 2 heterocycles. The van der Waals surface area contributed by atoms with Gasteiger partial charge in [-0.3, -0.25) is 0 Å². The molecule has 2 aromatic rings. The number of fused-ring (bicyclic) bond motifs is 1. The zero-order valence-corrected chi connectivity index (χ0v) is 12.8. The number of aromatic nitrogens is 2. The zero-order valence-electron chi connectivity index (χ0n) is 12.8. The quantitative estimate of drug-likeness (QED) is 0.939. The Kier molecular flexibility index (Phi) is 4.04. The molecular formula is C17H22N4. The summed E-state index contributed by atoms with van der Waals surface area (Å²) in [5.74, 6) is 2.83. The lowest BCUT2D eigenvalue weighted by atomic mass is 10.0. The number of hydrogen-bond donors (Lipinski definition) is 1. The molecule has 1 aliphatic heterocycles. The van der Waals surface area contributed by atoms with Crippen molar-refractivity contribution in [2.75, 3.05) is 23.8 Å². The second-order valence-electron chi connectivity index (χ2n) is 5.42. The number of anilines is 2. The van der Waals surface area contributed by atoms with Crippen LogP contribution in [-0.2, 0) is 19.4 Å². The van der Waals surface area contributed by atoms with Crippen LogP contribution in [0.15, 0.2) is 30.3 Å². The Balaban J connectivity index is 1.93. The normalized spacial score (nSPS) is 14.5. The fourth-order valence-electron chi connectivity index (χ4n) is 2.83. The first-order valence-electron chi connectivity index (χ1n) is 7.67. The molecule has 0 unspecified atom stereocenters. The highest BCUT2D eigenvalue weighted by Gasteiger charge is 2.16. The summed E-state index contributed by atoms with van der Waals surface area (Å²) in [6.45, 7) is 4.06. The Morgan fingerprint density at radius 2 is 2.00 bits per heavy atom. The molecule has 0 saturated heterocycles. The fraction of sp³-hybridized carbons (Fsp3) is 0.412. The minimum atomic E-state index is 0.854. The lowest BCUT2D eigenvalue weighted by Gasteiger charge is -2.23. The molecule has 1 N–H and O–H groups in total. The van der Waals surface area contributed by atoms with Gasteiger partial charge in [0, 0.05) is 32.6 Å². The van der Waals surface area contributed by atoms with Crippen LogP contribution in [0.2, 0.25) is 0 Å². The van der Waals surface area contributed by atoms with E-state index >= 15 is 0 Å². The van der Waals surface area contributed by atoms with Crippen LogP contribution >= 0.6 is 0 Å². The van der Waals surface area contributed by atoms with Crippen molar-refractivity contribution in [1.82, 2.24) is 9.97 Å². The smallest absolute Gasteiger partial charge is 0.134 e. The van der Waals surface area contributed by atoms with E-state index in [4.69, 9.17) is 4.98 Å². The van der Waals surface area contributed by atoms with Gasteiger partial charge in [-0.2, -0.15) is 0 Å². The largest absolute Gasteiger partial charge is 0.373 e. The van der Waals surface area contributed by atoms with Crippen LogP contribution in [0.25, 0.3) is 0 Å². The Bertz CT molecular complexity index is 602. The lowest BCUT2D eigenvalue weighted by Crippen LogP contribution is -2.24. The fourth-order valence-corrected chi connectivity index (χ4v) is 2.83. The lowest BCUT2D eigenvalue weighted by molar-refractivity contribution is 0.747. The van der Waals surface area contributed by atoms with Crippen molar-refractivity contribution in [3.8, 4) is 0 Å². The third-order valence-corrected chi connectivity index (χ3v) is 4.01. The maximum Gasteiger partial charge on any atom is 0.134 e. The first-order chi connectivity index (χ1) is 10.3. The maximum absolute atomic E-state index is 4.71. The van der Waals surface area contributed by atoms with Crippen LogP contribution in [-0.4, -0.2) is 23.6 Å². The number of hydrogen-bond acceptors (Lipinski definition) is 4.